The fourth-order valence-corrected chi connectivity index (χ4v) is 1.84. The third kappa shape index (κ3) is 4.62. The van der Waals surface area contributed by atoms with Crippen LogP contribution in [-0.4, -0.2) is 24.2 Å². The van der Waals surface area contributed by atoms with Gasteiger partial charge in [-0.05, 0) is 43.5 Å². The van der Waals surface area contributed by atoms with Crippen LogP contribution in [0.25, 0.3) is 10.4 Å². The van der Waals surface area contributed by atoms with E-state index in [9.17, 15) is 9.90 Å². The number of carboxylic acid groups (broad SMARTS) is 1. The summed E-state index contributed by atoms with van der Waals surface area (Å²) < 4.78 is 0. The zero-order valence-corrected chi connectivity index (χ0v) is 11.1. The van der Waals surface area contributed by atoms with Crippen LogP contribution < -0.4 is 5.32 Å². The second-order valence-corrected chi connectivity index (χ2v) is 4.39. The van der Waals surface area contributed by atoms with Crippen LogP contribution in [-0.2, 0) is 4.79 Å². The minimum absolute atomic E-state index is 0.364. The summed E-state index contributed by atoms with van der Waals surface area (Å²) in [4.78, 5) is 14.0. The Bertz CT molecular complexity index is 495. The molecule has 0 fully saturated rings. The predicted molar refractivity (Wildman–Crippen MR) is 72.9 cm³/mol. The van der Waals surface area contributed by atoms with E-state index in [0.29, 0.717) is 19.5 Å². The minimum atomic E-state index is -0.905. The maximum absolute atomic E-state index is 11.3. The lowest BCUT2D eigenvalue weighted by Crippen LogP contribution is -2.30. The summed E-state index contributed by atoms with van der Waals surface area (Å²) in [5, 5.41) is 15.7. The second kappa shape index (κ2) is 7.41. The van der Waals surface area contributed by atoms with E-state index in [4.69, 9.17) is 5.53 Å². The summed E-state index contributed by atoms with van der Waals surface area (Å²) in [7, 11) is 0. The quantitative estimate of drug-likeness (QED) is 0.342. The Morgan fingerprint density at radius 3 is 2.89 bits per heavy atom. The van der Waals surface area contributed by atoms with Crippen molar-refractivity contribution in [2.24, 2.45) is 5.11 Å². The van der Waals surface area contributed by atoms with E-state index in [1.54, 1.807) is 0 Å². The summed E-state index contributed by atoms with van der Waals surface area (Å²) in [6, 6.07) is 5.03. The van der Waals surface area contributed by atoms with Crippen molar-refractivity contribution < 1.29 is 9.90 Å². The molecular weight excluding hydrogens is 244 g/mol. The number of hydrogen-bond acceptors (Lipinski definition) is 3. The van der Waals surface area contributed by atoms with Crippen molar-refractivity contribution in [3.8, 4) is 0 Å². The van der Waals surface area contributed by atoms with Gasteiger partial charge >= 0.3 is 5.97 Å². The number of rotatable bonds is 7. The molecule has 0 radical (unpaired) electrons. The molecule has 0 amide bonds. The third-order valence-electron chi connectivity index (χ3n) is 2.84. The minimum Gasteiger partial charge on any atom is -0.480 e. The van der Waals surface area contributed by atoms with Gasteiger partial charge in [0.1, 0.15) is 6.04 Å². The predicted octanol–water partition coefficient (Wildman–Crippen LogP) is 2.72. The second-order valence-electron chi connectivity index (χ2n) is 4.39. The van der Waals surface area contributed by atoms with E-state index in [-0.39, 0.29) is 0 Å². The highest BCUT2D eigenvalue weighted by molar-refractivity contribution is 5.76. The number of nitrogens with one attached hydrogen (secondary N) is 1. The van der Waals surface area contributed by atoms with Gasteiger partial charge in [-0.3, -0.25) is 4.79 Å². The third-order valence-corrected chi connectivity index (χ3v) is 2.84. The van der Waals surface area contributed by atoms with E-state index in [2.05, 4.69) is 15.3 Å². The van der Waals surface area contributed by atoms with Gasteiger partial charge < -0.3 is 10.4 Å². The number of aliphatic carboxylic acids is 1. The van der Waals surface area contributed by atoms with E-state index in [1.165, 1.54) is 0 Å². The van der Waals surface area contributed by atoms with Gasteiger partial charge in [-0.25, -0.2) is 0 Å². The standard InChI is InChI=1S/C13H18N4O2/c1-9-4-5-10(2)11(8-9)12(13(18)19)15-6-3-7-16-17-14/h4-5,8,12,15H,3,6-7H2,1-2H3,(H,18,19). The molecule has 1 aromatic carbocycles. The van der Waals surface area contributed by atoms with E-state index in [1.807, 2.05) is 32.0 Å². The van der Waals surface area contributed by atoms with Gasteiger partial charge in [0.25, 0.3) is 0 Å². The first kappa shape index (κ1) is 15.0. The molecule has 0 aromatic heterocycles. The van der Waals surface area contributed by atoms with E-state index in [0.717, 1.165) is 16.7 Å². The largest absolute Gasteiger partial charge is 0.480 e. The van der Waals surface area contributed by atoms with Gasteiger partial charge in [0.05, 0.1) is 0 Å². The summed E-state index contributed by atoms with van der Waals surface area (Å²) in [6.07, 6.45) is 0.610. The highest BCUT2D eigenvalue weighted by Crippen LogP contribution is 2.19. The number of hydrogen-bond donors (Lipinski definition) is 2. The highest BCUT2D eigenvalue weighted by atomic mass is 16.4. The van der Waals surface area contributed by atoms with Crippen molar-refractivity contribution >= 4 is 5.97 Å². The molecule has 1 rings (SSSR count). The molecule has 1 unspecified atom stereocenters. The van der Waals surface area contributed by atoms with Crippen molar-refractivity contribution in [1.29, 1.82) is 0 Å². The van der Waals surface area contributed by atoms with Crippen molar-refractivity contribution in [1.82, 2.24) is 5.32 Å². The van der Waals surface area contributed by atoms with Gasteiger partial charge in [-0.2, -0.15) is 0 Å². The van der Waals surface area contributed by atoms with Crippen molar-refractivity contribution in [2.45, 2.75) is 26.3 Å². The lowest BCUT2D eigenvalue weighted by molar-refractivity contribution is -0.139. The Balaban J connectivity index is 2.74. The molecule has 19 heavy (non-hydrogen) atoms. The lowest BCUT2D eigenvalue weighted by Gasteiger charge is -2.17. The summed E-state index contributed by atoms with van der Waals surface area (Å²) in [6.45, 7) is 4.68. The van der Waals surface area contributed by atoms with Crippen LogP contribution in [0.5, 0.6) is 0 Å². The molecule has 102 valence electrons. The summed E-state index contributed by atoms with van der Waals surface area (Å²) >= 11 is 0. The molecule has 0 heterocycles. The smallest absolute Gasteiger partial charge is 0.325 e. The van der Waals surface area contributed by atoms with Crippen molar-refractivity contribution in [3.05, 3.63) is 45.3 Å². The molecule has 0 aliphatic heterocycles. The SMILES string of the molecule is Cc1ccc(C)c(C(NCCCN=[N+]=[N-])C(=O)O)c1. The molecule has 6 nitrogen and oxygen atoms in total. The number of azide groups is 1. The van der Waals surface area contributed by atoms with Crippen molar-refractivity contribution in [3.63, 3.8) is 0 Å². The molecule has 0 spiro atoms. The maximum atomic E-state index is 11.3. The Morgan fingerprint density at radius 1 is 1.53 bits per heavy atom. The molecule has 6 heteroatoms. The zero-order valence-electron chi connectivity index (χ0n) is 11.1. The lowest BCUT2D eigenvalue weighted by atomic mass is 9.99. The van der Waals surface area contributed by atoms with Crippen LogP contribution in [0.15, 0.2) is 23.3 Å². The first-order valence-corrected chi connectivity index (χ1v) is 6.10. The van der Waals surface area contributed by atoms with Crippen molar-refractivity contribution in [2.75, 3.05) is 13.1 Å². The topological polar surface area (TPSA) is 98.1 Å². The first-order chi connectivity index (χ1) is 9.06. The highest BCUT2D eigenvalue weighted by Gasteiger charge is 2.20. The van der Waals surface area contributed by atoms with Crippen LogP contribution in [0.4, 0.5) is 0 Å². The molecule has 0 aliphatic carbocycles. The van der Waals surface area contributed by atoms with Gasteiger partial charge in [0, 0.05) is 11.5 Å². The Labute approximate surface area is 112 Å². The number of carboxylic acids is 1. The Morgan fingerprint density at radius 2 is 2.26 bits per heavy atom. The van der Waals surface area contributed by atoms with Crippen LogP contribution in [0.1, 0.15) is 29.2 Å². The van der Waals surface area contributed by atoms with Crippen LogP contribution in [0, 0.1) is 13.8 Å². The molecule has 1 atom stereocenters. The van der Waals surface area contributed by atoms with E-state index >= 15 is 0 Å². The molecule has 0 aliphatic rings. The molecule has 0 saturated heterocycles. The summed E-state index contributed by atoms with van der Waals surface area (Å²) in [5.74, 6) is -0.905. The van der Waals surface area contributed by atoms with Crippen LogP contribution in [0.2, 0.25) is 0 Å². The van der Waals surface area contributed by atoms with Gasteiger partial charge in [-0.15, -0.1) is 0 Å². The van der Waals surface area contributed by atoms with Crippen LogP contribution >= 0.6 is 0 Å². The zero-order chi connectivity index (χ0) is 14.3. The molecular formula is C13H18N4O2. The number of benzene rings is 1. The van der Waals surface area contributed by atoms with Gasteiger partial charge in [0.2, 0.25) is 0 Å². The van der Waals surface area contributed by atoms with Gasteiger partial charge in [-0.1, -0.05) is 28.9 Å². The fraction of sp³-hybridized carbons (Fsp3) is 0.462. The maximum Gasteiger partial charge on any atom is 0.325 e. The normalized spacial score (nSPS) is 11.7. The van der Waals surface area contributed by atoms with Crippen LogP contribution in [0.3, 0.4) is 0 Å². The number of nitrogens with zero attached hydrogens (tertiary/aromatic N) is 3. The average molecular weight is 262 g/mol. The fourth-order valence-electron chi connectivity index (χ4n) is 1.84. The van der Waals surface area contributed by atoms with E-state index < -0.39 is 12.0 Å². The molecule has 1 aromatic rings. The Hall–Kier alpha value is -2.04. The number of aryl methyl sites for hydroxylation is 2. The number of carbonyl (C=O) groups is 1. The molecule has 0 saturated carbocycles. The monoisotopic (exact) mass is 262 g/mol. The Kier molecular flexibility index (Phi) is 5.85. The molecule has 2 N–H and O–H groups in total. The molecule has 0 bridgehead atoms. The first-order valence-electron chi connectivity index (χ1n) is 6.10. The average Bonchev–Trinajstić information content (AvgIpc) is 2.37. The summed E-state index contributed by atoms with van der Waals surface area (Å²) in [5.41, 5.74) is 10.9. The van der Waals surface area contributed by atoms with Gasteiger partial charge in [0.15, 0.2) is 0 Å².